The molecule has 1 aliphatic carbocycles. The largest absolute Gasteiger partial charge is 0.327 e. The fourth-order valence-electron chi connectivity index (χ4n) is 1.77. The van der Waals surface area contributed by atoms with E-state index in [-0.39, 0.29) is 0 Å². The first kappa shape index (κ1) is 10.0. The Hall–Kier alpha value is -0.0800. The van der Waals surface area contributed by atoms with Gasteiger partial charge in [-0.25, -0.2) is 0 Å². The molecule has 12 heavy (non-hydrogen) atoms. The highest BCUT2D eigenvalue weighted by Crippen LogP contribution is 2.17. The Morgan fingerprint density at radius 2 is 2.00 bits per heavy atom. The molecule has 1 saturated carbocycles. The van der Waals surface area contributed by atoms with Crippen molar-refractivity contribution in [3.8, 4) is 0 Å². The van der Waals surface area contributed by atoms with Crippen molar-refractivity contribution in [3.05, 3.63) is 0 Å². The first-order valence-electron chi connectivity index (χ1n) is 5.32. The van der Waals surface area contributed by atoms with Crippen LogP contribution in [0.3, 0.4) is 0 Å². The molecule has 1 atom stereocenters. The van der Waals surface area contributed by atoms with Crippen molar-refractivity contribution in [1.29, 1.82) is 0 Å². The zero-order valence-corrected chi connectivity index (χ0v) is 8.18. The smallest absolute Gasteiger partial charge is 0.0162 e. The summed E-state index contributed by atoms with van der Waals surface area (Å²) in [6, 6.07) is 1.11. The van der Waals surface area contributed by atoms with Crippen molar-refractivity contribution in [3.63, 3.8) is 0 Å². The summed E-state index contributed by atoms with van der Waals surface area (Å²) in [6.07, 6.45) is 8.03. The van der Waals surface area contributed by atoms with Gasteiger partial charge in [-0.3, -0.25) is 0 Å². The molecule has 2 nitrogen and oxygen atoms in total. The molecule has 0 heterocycles. The van der Waals surface area contributed by atoms with Crippen LogP contribution >= 0.6 is 0 Å². The van der Waals surface area contributed by atoms with E-state index in [1.807, 2.05) is 0 Å². The minimum atomic E-state index is 0.354. The second-order valence-electron chi connectivity index (χ2n) is 3.91. The predicted octanol–water partition coefficient (Wildman–Crippen LogP) is 1.65. The lowest BCUT2D eigenvalue weighted by Gasteiger charge is -2.24. The van der Waals surface area contributed by atoms with Crippen LogP contribution in [0, 0.1) is 0 Å². The Morgan fingerprint density at radius 3 is 2.58 bits per heavy atom. The second kappa shape index (κ2) is 5.55. The molecule has 0 amide bonds. The number of hydrogen-bond acceptors (Lipinski definition) is 2. The van der Waals surface area contributed by atoms with Crippen LogP contribution in [0.25, 0.3) is 0 Å². The van der Waals surface area contributed by atoms with E-state index >= 15 is 0 Å². The van der Waals surface area contributed by atoms with Crippen LogP contribution < -0.4 is 11.1 Å². The molecular formula is C10H22N2. The highest BCUT2D eigenvalue weighted by atomic mass is 14.9. The summed E-state index contributed by atoms with van der Waals surface area (Å²) in [6.45, 7) is 3.15. The van der Waals surface area contributed by atoms with E-state index in [4.69, 9.17) is 5.73 Å². The number of rotatable bonds is 4. The van der Waals surface area contributed by atoms with Gasteiger partial charge in [0.15, 0.2) is 0 Å². The summed E-state index contributed by atoms with van der Waals surface area (Å²) < 4.78 is 0. The van der Waals surface area contributed by atoms with Crippen molar-refractivity contribution in [2.24, 2.45) is 5.73 Å². The average molecular weight is 170 g/mol. The maximum absolute atomic E-state index is 5.83. The normalized spacial score (nSPS) is 22.5. The molecular weight excluding hydrogens is 148 g/mol. The van der Waals surface area contributed by atoms with Gasteiger partial charge in [-0.05, 0) is 19.3 Å². The molecule has 0 bridgehead atoms. The summed E-state index contributed by atoms with van der Waals surface area (Å²) in [5.41, 5.74) is 5.83. The van der Waals surface area contributed by atoms with Crippen molar-refractivity contribution in [1.82, 2.24) is 5.32 Å². The first-order valence-corrected chi connectivity index (χ1v) is 5.32. The van der Waals surface area contributed by atoms with Crippen molar-refractivity contribution < 1.29 is 0 Å². The van der Waals surface area contributed by atoms with E-state index in [0.717, 1.165) is 19.0 Å². The van der Waals surface area contributed by atoms with E-state index in [1.165, 1.54) is 32.1 Å². The lowest BCUT2D eigenvalue weighted by molar-refractivity contribution is 0.363. The Bertz CT molecular complexity index is 108. The van der Waals surface area contributed by atoms with Gasteiger partial charge in [0.1, 0.15) is 0 Å². The van der Waals surface area contributed by atoms with Crippen molar-refractivity contribution >= 4 is 0 Å². The number of nitrogens with one attached hydrogen (secondary N) is 1. The van der Waals surface area contributed by atoms with Crippen LogP contribution in [0.15, 0.2) is 0 Å². The van der Waals surface area contributed by atoms with Gasteiger partial charge in [0.25, 0.3) is 0 Å². The minimum Gasteiger partial charge on any atom is -0.327 e. The predicted molar refractivity (Wildman–Crippen MR) is 53.1 cm³/mol. The Kier molecular flexibility index (Phi) is 4.62. The van der Waals surface area contributed by atoms with Gasteiger partial charge in [-0.1, -0.05) is 26.2 Å². The molecule has 0 aliphatic heterocycles. The van der Waals surface area contributed by atoms with Crippen LogP contribution in [0.1, 0.15) is 45.4 Å². The monoisotopic (exact) mass is 170 g/mol. The molecule has 1 aliphatic rings. The van der Waals surface area contributed by atoms with E-state index < -0.39 is 0 Å². The molecule has 0 aromatic rings. The molecule has 0 spiro atoms. The summed E-state index contributed by atoms with van der Waals surface area (Å²) in [5.74, 6) is 0. The van der Waals surface area contributed by atoms with Gasteiger partial charge in [-0.2, -0.15) is 0 Å². The molecule has 72 valence electrons. The average Bonchev–Trinajstić information content (AvgIpc) is 2.16. The zero-order chi connectivity index (χ0) is 8.81. The Morgan fingerprint density at radius 1 is 1.33 bits per heavy atom. The third kappa shape index (κ3) is 3.55. The second-order valence-corrected chi connectivity index (χ2v) is 3.91. The summed E-state index contributed by atoms with van der Waals surface area (Å²) >= 11 is 0. The lowest BCUT2D eigenvalue weighted by Crippen LogP contribution is -2.40. The van der Waals surface area contributed by atoms with Gasteiger partial charge in [0.2, 0.25) is 0 Å². The minimum absolute atomic E-state index is 0.354. The summed E-state index contributed by atoms with van der Waals surface area (Å²) in [4.78, 5) is 0. The fraction of sp³-hybridized carbons (Fsp3) is 1.00. The van der Waals surface area contributed by atoms with E-state index in [1.54, 1.807) is 0 Å². The maximum Gasteiger partial charge on any atom is 0.0162 e. The Labute approximate surface area is 75.9 Å². The van der Waals surface area contributed by atoms with Crippen molar-refractivity contribution in [2.45, 2.75) is 57.5 Å². The van der Waals surface area contributed by atoms with Crippen LogP contribution in [-0.2, 0) is 0 Å². The van der Waals surface area contributed by atoms with Gasteiger partial charge in [-0.15, -0.1) is 0 Å². The van der Waals surface area contributed by atoms with Gasteiger partial charge in [0.05, 0.1) is 0 Å². The van der Waals surface area contributed by atoms with Crippen LogP contribution in [0.2, 0.25) is 0 Å². The zero-order valence-electron chi connectivity index (χ0n) is 8.18. The van der Waals surface area contributed by atoms with E-state index in [2.05, 4.69) is 12.2 Å². The standard InChI is InChI=1S/C10H22N2/c1-2-9(11)8-12-10-6-4-3-5-7-10/h9-10,12H,2-8,11H2,1H3. The SMILES string of the molecule is CCC(N)CNC1CCCCC1. The molecule has 1 fully saturated rings. The molecule has 0 radical (unpaired) electrons. The number of nitrogens with two attached hydrogens (primary N) is 1. The quantitative estimate of drug-likeness (QED) is 0.673. The molecule has 2 heteroatoms. The summed E-state index contributed by atoms with van der Waals surface area (Å²) in [7, 11) is 0. The molecule has 0 saturated heterocycles. The molecule has 0 aromatic heterocycles. The summed E-state index contributed by atoms with van der Waals surface area (Å²) in [5, 5.41) is 3.55. The molecule has 3 N–H and O–H groups in total. The van der Waals surface area contributed by atoms with Crippen molar-refractivity contribution in [2.75, 3.05) is 6.54 Å². The van der Waals surface area contributed by atoms with Crippen LogP contribution in [0.4, 0.5) is 0 Å². The Balaban J connectivity index is 2.05. The first-order chi connectivity index (χ1) is 5.83. The lowest BCUT2D eigenvalue weighted by atomic mass is 9.95. The fourth-order valence-corrected chi connectivity index (χ4v) is 1.77. The third-order valence-electron chi connectivity index (χ3n) is 2.80. The maximum atomic E-state index is 5.83. The van der Waals surface area contributed by atoms with Crippen LogP contribution in [-0.4, -0.2) is 18.6 Å². The molecule has 1 unspecified atom stereocenters. The molecule has 0 aromatic carbocycles. The van der Waals surface area contributed by atoms with E-state index in [0.29, 0.717) is 6.04 Å². The van der Waals surface area contributed by atoms with Gasteiger partial charge < -0.3 is 11.1 Å². The molecule has 1 rings (SSSR count). The highest BCUT2D eigenvalue weighted by molar-refractivity contribution is 4.74. The van der Waals surface area contributed by atoms with Crippen LogP contribution in [0.5, 0.6) is 0 Å². The van der Waals surface area contributed by atoms with Gasteiger partial charge >= 0.3 is 0 Å². The number of hydrogen-bond donors (Lipinski definition) is 2. The third-order valence-corrected chi connectivity index (χ3v) is 2.80. The van der Waals surface area contributed by atoms with E-state index in [9.17, 15) is 0 Å². The van der Waals surface area contributed by atoms with Gasteiger partial charge in [0, 0.05) is 18.6 Å². The topological polar surface area (TPSA) is 38.0 Å². The highest BCUT2D eigenvalue weighted by Gasteiger charge is 2.12.